The summed E-state index contributed by atoms with van der Waals surface area (Å²) >= 11 is 0. The van der Waals surface area contributed by atoms with Crippen molar-refractivity contribution in [3.8, 4) is 33.6 Å². The summed E-state index contributed by atoms with van der Waals surface area (Å²) in [6, 6.07) is 83.9. The average Bonchev–Trinajstić information content (AvgIpc) is 4.09. The second-order valence-electron chi connectivity index (χ2n) is 17.8. The van der Waals surface area contributed by atoms with E-state index in [9.17, 15) is 0 Å². The molecule has 1 aliphatic heterocycles. The van der Waals surface area contributed by atoms with Crippen LogP contribution in [0.1, 0.15) is 22.9 Å². The molecule has 0 fully saturated rings. The summed E-state index contributed by atoms with van der Waals surface area (Å²) in [5.41, 5.74) is 15.9. The highest BCUT2D eigenvalue weighted by atomic mass is 16.3. The van der Waals surface area contributed by atoms with Crippen molar-refractivity contribution >= 4 is 77.2 Å². The van der Waals surface area contributed by atoms with Crippen LogP contribution in [0.3, 0.4) is 0 Å². The maximum absolute atomic E-state index is 6.89. The minimum atomic E-state index is -0.338. The fraction of sp³-hybridized carbons (Fsp3) is 0.0159. The number of hydrogen-bond donors (Lipinski definition) is 1. The van der Waals surface area contributed by atoms with Crippen molar-refractivity contribution in [2.45, 2.75) is 6.17 Å². The highest BCUT2D eigenvalue weighted by Crippen LogP contribution is 2.46. The van der Waals surface area contributed by atoms with Gasteiger partial charge in [0.05, 0.1) is 27.5 Å². The van der Waals surface area contributed by atoms with E-state index in [1.54, 1.807) is 0 Å². The fourth-order valence-corrected chi connectivity index (χ4v) is 10.6. The lowest BCUT2D eigenvalue weighted by Gasteiger charge is -2.24. The molecule has 3 aromatic heterocycles. The number of nitrogens with zero attached hydrogens (tertiary/aromatic N) is 4. The zero-order valence-corrected chi connectivity index (χ0v) is 37.3. The zero-order valence-electron chi connectivity index (χ0n) is 37.3. The SMILES string of the molecule is c1ccc(-c2ccc(C3=NC(c4ccccc4)NC(c4cccc(-n5c6ccccc6c6c7oc8ccccc8c7cc(-c7ccc8c(c7)c7ccccc7n8-c7ccccc7)c65)c4)=N3)cc2)cc1. The molecule has 4 heterocycles. The lowest BCUT2D eigenvalue weighted by atomic mass is 9.97. The Kier molecular flexibility index (Phi) is 8.86. The Bertz CT molecular complexity index is 4200. The monoisotopic (exact) mass is 883 g/mol. The smallest absolute Gasteiger partial charge is 0.159 e. The minimum Gasteiger partial charge on any atom is -0.455 e. The van der Waals surface area contributed by atoms with Crippen molar-refractivity contribution in [3.63, 3.8) is 0 Å². The molecule has 0 spiro atoms. The molecule has 1 N–H and O–H groups in total. The molecule has 0 saturated heterocycles. The summed E-state index contributed by atoms with van der Waals surface area (Å²) in [5.74, 6) is 1.43. The van der Waals surface area contributed by atoms with Gasteiger partial charge in [0.25, 0.3) is 0 Å². The van der Waals surface area contributed by atoms with Crippen molar-refractivity contribution in [2.75, 3.05) is 0 Å². The number of para-hydroxylation sites is 4. The third kappa shape index (κ3) is 6.34. The Labute approximate surface area is 397 Å². The van der Waals surface area contributed by atoms with Crippen molar-refractivity contribution in [1.82, 2.24) is 14.5 Å². The average molecular weight is 884 g/mol. The van der Waals surface area contributed by atoms with E-state index in [2.05, 4.69) is 233 Å². The first-order valence-electron chi connectivity index (χ1n) is 23.4. The van der Waals surface area contributed by atoms with Crippen LogP contribution in [0.15, 0.2) is 251 Å². The number of fused-ring (bicyclic) bond motifs is 10. The number of nitrogens with one attached hydrogen (secondary N) is 1. The van der Waals surface area contributed by atoms with E-state index in [4.69, 9.17) is 14.4 Å². The Morgan fingerprint density at radius 3 is 1.80 bits per heavy atom. The molecule has 324 valence electrons. The second kappa shape index (κ2) is 15.7. The van der Waals surface area contributed by atoms with Gasteiger partial charge >= 0.3 is 0 Å². The summed E-state index contributed by atoms with van der Waals surface area (Å²) in [7, 11) is 0. The lowest BCUT2D eigenvalue weighted by molar-refractivity contribution is 0.673. The number of aromatic nitrogens is 2. The summed E-state index contributed by atoms with van der Waals surface area (Å²) in [4.78, 5) is 10.5. The molecule has 0 bridgehead atoms. The van der Waals surface area contributed by atoms with Crippen molar-refractivity contribution in [3.05, 3.63) is 253 Å². The molecular formula is C63H41N5O. The fourth-order valence-electron chi connectivity index (χ4n) is 10.6. The molecule has 1 atom stereocenters. The van der Waals surface area contributed by atoms with Crippen LogP contribution in [-0.4, -0.2) is 20.8 Å². The second-order valence-corrected chi connectivity index (χ2v) is 17.8. The van der Waals surface area contributed by atoms with Gasteiger partial charge in [0.1, 0.15) is 23.2 Å². The summed E-state index contributed by atoms with van der Waals surface area (Å²) in [5, 5.41) is 10.5. The molecule has 0 saturated carbocycles. The maximum atomic E-state index is 6.89. The van der Waals surface area contributed by atoms with Crippen LogP contribution in [0.4, 0.5) is 0 Å². The van der Waals surface area contributed by atoms with Gasteiger partial charge in [0.2, 0.25) is 0 Å². The first kappa shape index (κ1) is 39.0. The molecule has 0 radical (unpaired) electrons. The molecule has 14 rings (SSSR count). The molecule has 69 heavy (non-hydrogen) atoms. The molecule has 1 aliphatic rings. The predicted octanol–water partition coefficient (Wildman–Crippen LogP) is 15.6. The van der Waals surface area contributed by atoms with Gasteiger partial charge in [0, 0.05) is 55.0 Å². The highest BCUT2D eigenvalue weighted by molar-refractivity contribution is 6.27. The van der Waals surface area contributed by atoms with Crippen molar-refractivity contribution in [1.29, 1.82) is 0 Å². The zero-order chi connectivity index (χ0) is 45.4. The molecule has 0 aliphatic carbocycles. The van der Waals surface area contributed by atoms with Crippen LogP contribution >= 0.6 is 0 Å². The molecule has 6 nitrogen and oxygen atoms in total. The van der Waals surface area contributed by atoms with Gasteiger partial charge in [-0.1, -0.05) is 176 Å². The van der Waals surface area contributed by atoms with E-state index < -0.39 is 0 Å². The minimum absolute atomic E-state index is 0.338. The van der Waals surface area contributed by atoms with Gasteiger partial charge in [-0.25, -0.2) is 9.98 Å². The Morgan fingerprint density at radius 2 is 1.00 bits per heavy atom. The largest absolute Gasteiger partial charge is 0.455 e. The van der Waals surface area contributed by atoms with Gasteiger partial charge in [-0.2, -0.15) is 0 Å². The third-order valence-electron chi connectivity index (χ3n) is 13.8. The lowest BCUT2D eigenvalue weighted by Crippen LogP contribution is -2.33. The molecular weight excluding hydrogens is 843 g/mol. The molecule has 0 amide bonds. The maximum Gasteiger partial charge on any atom is 0.159 e. The van der Waals surface area contributed by atoms with E-state index in [0.717, 1.165) is 99.9 Å². The number of aliphatic imine (C=N–C) groups is 2. The van der Waals surface area contributed by atoms with Gasteiger partial charge in [-0.3, -0.25) is 0 Å². The van der Waals surface area contributed by atoms with Crippen molar-refractivity contribution < 1.29 is 4.42 Å². The van der Waals surface area contributed by atoms with E-state index in [1.165, 1.54) is 21.9 Å². The predicted molar refractivity (Wildman–Crippen MR) is 285 cm³/mol. The first-order chi connectivity index (χ1) is 34.2. The van der Waals surface area contributed by atoms with E-state index in [1.807, 2.05) is 18.2 Å². The number of hydrogen-bond acceptors (Lipinski definition) is 4. The highest BCUT2D eigenvalue weighted by Gasteiger charge is 2.26. The summed E-state index contributed by atoms with van der Waals surface area (Å²) < 4.78 is 11.7. The van der Waals surface area contributed by atoms with Gasteiger partial charge in [0.15, 0.2) is 5.84 Å². The Morgan fingerprint density at radius 1 is 0.406 bits per heavy atom. The molecule has 10 aromatic carbocycles. The van der Waals surface area contributed by atoms with Gasteiger partial charge < -0.3 is 18.9 Å². The summed E-state index contributed by atoms with van der Waals surface area (Å²) in [6.07, 6.45) is -0.338. The van der Waals surface area contributed by atoms with Crippen molar-refractivity contribution in [2.24, 2.45) is 9.98 Å². The van der Waals surface area contributed by atoms with Crippen LogP contribution in [-0.2, 0) is 0 Å². The van der Waals surface area contributed by atoms with Crippen LogP contribution in [0.5, 0.6) is 0 Å². The number of amidine groups is 2. The molecule has 6 heteroatoms. The number of furan rings is 1. The van der Waals surface area contributed by atoms with Crippen LogP contribution < -0.4 is 5.32 Å². The number of rotatable bonds is 7. The third-order valence-corrected chi connectivity index (χ3v) is 13.8. The standard InChI is InChI=1S/C63H41N5O/c1-4-17-40(18-5-1)41-31-33-43(34-32-41)62-64-61(42-19-6-2-7-20-42)65-63(66-62)45-21-16-24-47(37-45)68-55-29-14-11-27-50(55)58-59(68)51(39-53-49-26-12-15-30-57(49)69-60(53)58)44-35-36-56-52(38-44)48-25-10-13-28-54(48)67(56)46-22-8-3-9-23-46/h1-39,61H,(H,64,65,66). The normalized spacial score (nSPS) is 13.9. The topological polar surface area (TPSA) is 59.8 Å². The number of benzene rings is 10. The Balaban J connectivity index is 0.984. The van der Waals surface area contributed by atoms with E-state index >= 15 is 0 Å². The van der Waals surface area contributed by atoms with E-state index in [-0.39, 0.29) is 6.17 Å². The van der Waals surface area contributed by atoms with Gasteiger partial charge in [-0.05, 0) is 82.9 Å². The molecule has 1 unspecified atom stereocenters. The quantitative estimate of drug-likeness (QED) is 0.173. The molecule has 13 aromatic rings. The van der Waals surface area contributed by atoms with Gasteiger partial charge in [-0.15, -0.1) is 0 Å². The van der Waals surface area contributed by atoms with Crippen LogP contribution in [0, 0.1) is 0 Å². The first-order valence-corrected chi connectivity index (χ1v) is 23.4. The van der Waals surface area contributed by atoms with Crippen LogP contribution in [0.2, 0.25) is 0 Å². The van der Waals surface area contributed by atoms with Crippen LogP contribution in [0.25, 0.3) is 99.2 Å². The Hall–Kier alpha value is -9.26. The van der Waals surface area contributed by atoms with E-state index in [0.29, 0.717) is 5.84 Å². The summed E-state index contributed by atoms with van der Waals surface area (Å²) in [6.45, 7) is 0.